The molecule has 0 saturated heterocycles. The third-order valence-electron chi connectivity index (χ3n) is 3.13. The van der Waals surface area contributed by atoms with Gasteiger partial charge in [-0.05, 0) is 23.3 Å². The van der Waals surface area contributed by atoms with Gasteiger partial charge in [0.2, 0.25) is 0 Å². The van der Waals surface area contributed by atoms with Crippen LogP contribution in [0.3, 0.4) is 0 Å². The fourth-order valence-electron chi connectivity index (χ4n) is 2.05. The Balaban J connectivity index is 1.87. The van der Waals surface area contributed by atoms with Gasteiger partial charge in [0.15, 0.2) is 0 Å². The van der Waals surface area contributed by atoms with Gasteiger partial charge in [0, 0.05) is 9.75 Å². The molecule has 0 fully saturated rings. The van der Waals surface area contributed by atoms with Crippen LogP contribution in [0.15, 0.2) is 72.8 Å². The molecule has 0 aliphatic heterocycles. The molecule has 0 saturated carbocycles. The Hall–Kier alpha value is -1.68. The van der Waals surface area contributed by atoms with Gasteiger partial charge in [0.25, 0.3) is 0 Å². The molecule has 0 aliphatic rings. The van der Waals surface area contributed by atoms with Crippen LogP contribution in [0, 0.1) is 0 Å². The lowest BCUT2D eigenvalue weighted by Crippen LogP contribution is -1.97. The normalized spacial score (nSPS) is 10.3. The van der Waals surface area contributed by atoms with Gasteiger partial charge in [0.1, 0.15) is 0 Å². The van der Waals surface area contributed by atoms with Crippen LogP contribution in [0.1, 0.15) is 20.9 Å². The molecule has 21 heavy (non-hydrogen) atoms. The molecule has 2 aromatic carbocycles. The molecule has 0 amide bonds. The monoisotopic (exact) mass is 324 g/mol. The van der Waals surface area contributed by atoms with Gasteiger partial charge < -0.3 is 0 Å². The molecule has 3 rings (SSSR count). The van der Waals surface area contributed by atoms with E-state index in [1.807, 2.05) is 60.7 Å². The molecule has 0 nitrogen and oxygen atoms in total. The predicted octanol–water partition coefficient (Wildman–Crippen LogP) is 5.28. The zero-order valence-corrected chi connectivity index (χ0v) is 13.6. The fraction of sp³-hybridized carbons (Fsp3) is 0. The maximum Gasteiger partial charge on any atom is 0.0621 e. The first-order valence-electron chi connectivity index (χ1n) is 6.55. The van der Waals surface area contributed by atoms with Crippen molar-refractivity contribution in [2.24, 2.45) is 0 Å². The van der Waals surface area contributed by atoms with Crippen molar-refractivity contribution in [3.63, 3.8) is 0 Å². The van der Waals surface area contributed by atoms with E-state index in [1.54, 1.807) is 11.3 Å². The van der Waals surface area contributed by atoms with Gasteiger partial charge in [-0.2, -0.15) is 0 Å². The van der Waals surface area contributed by atoms with E-state index in [4.69, 9.17) is 24.4 Å². The van der Waals surface area contributed by atoms with Crippen molar-refractivity contribution in [2.75, 3.05) is 0 Å². The van der Waals surface area contributed by atoms with E-state index >= 15 is 0 Å². The Labute approximate surface area is 139 Å². The van der Waals surface area contributed by atoms with Crippen molar-refractivity contribution in [1.29, 1.82) is 0 Å². The molecule has 0 bridgehead atoms. The van der Waals surface area contributed by atoms with Crippen molar-refractivity contribution >= 4 is 45.5 Å². The van der Waals surface area contributed by atoms with Crippen LogP contribution in [0.25, 0.3) is 0 Å². The summed E-state index contributed by atoms with van der Waals surface area (Å²) < 4.78 is 0. The van der Waals surface area contributed by atoms with E-state index in [0.29, 0.717) is 0 Å². The number of thiophene rings is 1. The summed E-state index contributed by atoms with van der Waals surface area (Å²) in [4.78, 5) is 3.93. The van der Waals surface area contributed by atoms with Crippen molar-refractivity contribution in [2.45, 2.75) is 0 Å². The summed E-state index contributed by atoms with van der Waals surface area (Å²) in [6, 6.07) is 24.3. The lowest BCUT2D eigenvalue weighted by Gasteiger charge is -2.01. The van der Waals surface area contributed by atoms with E-state index in [0.717, 1.165) is 30.6 Å². The molecule has 0 aliphatic carbocycles. The molecule has 0 unspecified atom stereocenters. The first-order chi connectivity index (χ1) is 10.3. The van der Waals surface area contributed by atoms with Crippen LogP contribution in [-0.4, -0.2) is 9.73 Å². The number of benzene rings is 2. The number of hydrogen-bond donors (Lipinski definition) is 0. The molecule has 0 spiro atoms. The SMILES string of the molecule is S=C(c1ccccc1)c1ccc(C(=S)c2ccccc2)s1. The Bertz CT molecular complexity index is 704. The summed E-state index contributed by atoms with van der Waals surface area (Å²) in [5.74, 6) is 0. The van der Waals surface area contributed by atoms with E-state index in [9.17, 15) is 0 Å². The van der Waals surface area contributed by atoms with Crippen LogP contribution >= 0.6 is 35.8 Å². The second-order valence-corrected chi connectivity index (χ2v) is 6.45. The van der Waals surface area contributed by atoms with Gasteiger partial charge >= 0.3 is 0 Å². The molecule has 0 radical (unpaired) electrons. The van der Waals surface area contributed by atoms with E-state index in [1.165, 1.54) is 0 Å². The first-order valence-corrected chi connectivity index (χ1v) is 8.18. The van der Waals surface area contributed by atoms with Gasteiger partial charge in [-0.15, -0.1) is 11.3 Å². The molecule has 102 valence electrons. The molecule has 1 aromatic heterocycles. The average Bonchev–Trinajstić information content (AvgIpc) is 3.05. The minimum absolute atomic E-state index is 0.878. The predicted molar refractivity (Wildman–Crippen MR) is 98.8 cm³/mol. The van der Waals surface area contributed by atoms with Crippen LogP contribution < -0.4 is 0 Å². The molecular formula is C18H12S3. The van der Waals surface area contributed by atoms with Crippen LogP contribution in [0.5, 0.6) is 0 Å². The Morgan fingerprint density at radius 3 is 1.33 bits per heavy atom. The third kappa shape index (κ3) is 3.16. The van der Waals surface area contributed by atoms with Gasteiger partial charge in [-0.3, -0.25) is 0 Å². The molecule has 0 N–H and O–H groups in total. The lowest BCUT2D eigenvalue weighted by molar-refractivity contribution is 1.67. The van der Waals surface area contributed by atoms with Gasteiger partial charge in [-0.25, -0.2) is 0 Å². The van der Waals surface area contributed by atoms with Crippen molar-refractivity contribution in [3.05, 3.63) is 93.7 Å². The van der Waals surface area contributed by atoms with Crippen molar-refractivity contribution < 1.29 is 0 Å². The summed E-state index contributed by atoms with van der Waals surface area (Å²) in [6.45, 7) is 0. The average molecular weight is 324 g/mol. The number of thiocarbonyl (C=S) groups is 2. The zero-order chi connectivity index (χ0) is 14.7. The Morgan fingerprint density at radius 2 is 0.952 bits per heavy atom. The smallest absolute Gasteiger partial charge is 0.0621 e. The molecule has 0 atom stereocenters. The van der Waals surface area contributed by atoms with Gasteiger partial charge in [0.05, 0.1) is 9.73 Å². The van der Waals surface area contributed by atoms with Crippen molar-refractivity contribution in [3.8, 4) is 0 Å². The molecule has 1 heterocycles. The first kappa shape index (κ1) is 14.3. The minimum Gasteiger partial charge on any atom is -0.133 e. The molecule has 3 aromatic rings. The van der Waals surface area contributed by atoms with E-state index in [2.05, 4.69) is 12.1 Å². The largest absolute Gasteiger partial charge is 0.133 e. The third-order valence-corrected chi connectivity index (χ3v) is 5.42. The summed E-state index contributed by atoms with van der Waals surface area (Å²) in [5, 5.41) is 0. The second-order valence-electron chi connectivity index (χ2n) is 4.55. The highest BCUT2D eigenvalue weighted by Gasteiger charge is 2.11. The standard InChI is InChI=1S/C18H12S3/c19-17(13-7-3-1-4-8-13)15-11-12-16(21-15)18(20)14-9-5-2-6-10-14/h1-12H. The highest BCUT2D eigenvalue weighted by molar-refractivity contribution is 7.82. The van der Waals surface area contributed by atoms with E-state index < -0.39 is 0 Å². The Kier molecular flexibility index (Phi) is 4.34. The maximum absolute atomic E-state index is 5.57. The highest BCUT2D eigenvalue weighted by atomic mass is 32.1. The molecule has 3 heteroatoms. The van der Waals surface area contributed by atoms with Crippen molar-refractivity contribution in [1.82, 2.24) is 0 Å². The van der Waals surface area contributed by atoms with E-state index in [-0.39, 0.29) is 0 Å². The molecular weight excluding hydrogens is 312 g/mol. The van der Waals surface area contributed by atoms with Crippen LogP contribution in [0.4, 0.5) is 0 Å². The number of hydrogen-bond acceptors (Lipinski definition) is 3. The fourth-order valence-corrected chi connectivity index (χ4v) is 3.63. The van der Waals surface area contributed by atoms with Crippen LogP contribution in [0.2, 0.25) is 0 Å². The van der Waals surface area contributed by atoms with Gasteiger partial charge in [-0.1, -0.05) is 85.1 Å². The minimum atomic E-state index is 0.878. The second kappa shape index (κ2) is 6.39. The highest BCUT2D eigenvalue weighted by Crippen LogP contribution is 2.24. The summed E-state index contributed by atoms with van der Waals surface area (Å²) in [6.07, 6.45) is 0. The maximum atomic E-state index is 5.57. The van der Waals surface area contributed by atoms with Crippen LogP contribution in [-0.2, 0) is 0 Å². The zero-order valence-electron chi connectivity index (χ0n) is 11.2. The Morgan fingerprint density at radius 1 is 0.571 bits per heavy atom. The summed E-state index contributed by atoms with van der Waals surface area (Å²) in [7, 11) is 0. The summed E-state index contributed by atoms with van der Waals surface area (Å²) >= 11 is 12.8. The quantitative estimate of drug-likeness (QED) is 0.473. The lowest BCUT2D eigenvalue weighted by atomic mass is 10.1. The summed E-state index contributed by atoms with van der Waals surface area (Å²) in [5.41, 5.74) is 2.15. The topological polar surface area (TPSA) is 0 Å². The number of rotatable bonds is 4.